The quantitative estimate of drug-likeness (QED) is 0.296. The fourth-order valence-corrected chi connectivity index (χ4v) is 3.97. The Hall–Kier alpha value is -4.52. The lowest BCUT2D eigenvalue weighted by molar-refractivity contribution is 0.0597. The summed E-state index contributed by atoms with van der Waals surface area (Å²) in [5, 5.41) is 10.7. The number of carbonyl (C=O) groups excluding carboxylic acids is 1. The minimum Gasteiger partial charge on any atom is -0.504 e. The van der Waals surface area contributed by atoms with Crippen molar-refractivity contribution >= 4 is 5.97 Å². The highest BCUT2D eigenvalue weighted by Crippen LogP contribution is 2.46. The molecule has 0 heterocycles. The molecule has 0 aromatic heterocycles. The molecule has 0 fully saturated rings. The van der Waals surface area contributed by atoms with Gasteiger partial charge in [-0.25, -0.2) is 9.18 Å². The van der Waals surface area contributed by atoms with Crippen molar-refractivity contribution in [1.82, 2.24) is 0 Å². The third-order valence-electron chi connectivity index (χ3n) is 5.70. The number of benzene rings is 4. The van der Waals surface area contributed by atoms with E-state index in [1.807, 2.05) is 30.3 Å². The Morgan fingerprint density at radius 2 is 1.53 bits per heavy atom. The second-order valence-corrected chi connectivity index (χ2v) is 7.86. The first-order valence-corrected chi connectivity index (χ1v) is 11.1. The maximum atomic E-state index is 13.6. The fraction of sp³-hybridized carbons (Fsp3) is 0.138. The van der Waals surface area contributed by atoms with E-state index in [9.17, 15) is 14.3 Å². The lowest BCUT2D eigenvalue weighted by atomic mass is 9.92. The third-order valence-corrected chi connectivity index (χ3v) is 5.70. The maximum Gasteiger partial charge on any atom is 0.342 e. The van der Waals surface area contributed by atoms with Crippen LogP contribution in [-0.4, -0.2) is 32.4 Å². The topological polar surface area (TPSA) is 74.2 Å². The summed E-state index contributed by atoms with van der Waals surface area (Å²) in [5.41, 5.74) is 3.08. The molecule has 0 unspecified atom stereocenters. The summed E-state index contributed by atoms with van der Waals surface area (Å²) in [4.78, 5) is 12.9. The zero-order valence-electron chi connectivity index (χ0n) is 20.1. The molecule has 0 bridgehead atoms. The Kier molecular flexibility index (Phi) is 7.39. The van der Waals surface area contributed by atoms with E-state index in [1.165, 1.54) is 39.5 Å². The Bertz CT molecular complexity index is 1370. The first-order chi connectivity index (χ1) is 17.5. The van der Waals surface area contributed by atoms with Gasteiger partial charge in [-0.2, -0.15) is 0 Å². The number of phenolic OH excluding ortho intramolecular Hbond substituents is 1. The van der Waals surface area contributed by atoms with Gasteiger partial charge in [-0.15, -0.1) is 0 Å². The molecule has 7 heteroatoms. The molecule has 4 aromatic carbocycles. The number of hydrogen-bond donors (Lipinski definition) is 1. The molecule has 1 N–H and O–H groups in total. The van der Waals surface area contributed by atoms with E-state index in [2.05, 4.69) is 0 Å². The number of carbonyl (C=O) groups is 1. The van der Waals surface area contributed by atoms with Crippen molar-refractivity contribution in [2.45, 2.75) is 6.61 Å². The van der Waals surface area contributed by atoms with Gasteiger partial charge in [0, 0.05) is 11.1 Å². The van der Waals surface area contributed by atoms with Crippen LogP contribution >= 0.6 is 0 Å². The molecule has 0 atom stereocenters. The summed E-state index contributed by atoms with van der Waals surface area (Å²) in [6, 6.07) is 21.9. The largest absolute Gasteiger partial charge is 0.504 e. The van der Waals surface area contributed by atoms with Crippen molar-refractivity contribution in [2.75, 3.05) is 21.3 Å². The minimum atomic E-state index is -0.654. The van der Waals surface area contributed by atoms with Crippen LogP contribution in [0, 0.1) is 5.82 Å². The van der Waals surface area contributed by atoms with Gasteiger partial charge in [0.05, 0.1) is 21.3 Å². The van der Waals surface area contributed by atoms with Crippen molar-refractivity contribution in [1.29, 1.82) is 0 Å². The van der Waals surface area contributed by atoms with Crippen LogP contribution in [0.1, 0.15) is 15.9 Å². The molecule has 0 saturated carbocycles. The van der Waals surface area contributed by atoms with E-state index in [4.69, 9.17) is 18.9 Å². The molecule has 184 valence electrons. The SMILES string of the molecule is COC(=O)c1c(OC)c(-c2ccc(OCc3ccccc3)c(O)c2)cc(OC)c1-c1ccc(F)cc1. The van der Waals surface area contributed by atoms with E-state index in [0.717, 1.165) is 5.56 Å². The van der Waals surface area contributed by atoms with E-state index >= 15 is 0 Å². The molecule has 6 nitrogen and oxygen atoms in total. The van der Waals surface area contributed by atoms with Crippen molar-refractivity contribution < 1.29 is 33.2 Å². The van der Waals surface area contributed by atoms with Crippen LogP contribution in [0.2, 0.25) is 0 Å². The number of phenols is 1. The van der Waals surface area contributed by atoms with Gasteiger partial charge in [0.1, 0.15) is 29.5 Å². The van der Waals surface area contributed by atoms with Crippen molar-refractivity contribution in [3.63, 3.8) is 0 Å². The number of ether oxygens (including phenoxy) is 4. The Balaban J connectivity index is 1.81. The van der Waals surface area contributed by atoms with Crippen LogP contribution in [0.4, 0.5) is 4.39 Å². The third kappa shape index (κ3) is 4.95. The number of aromatic hydroxyl groups is 1. The molecule has 0 aliphatic heterocycles. The van der Waals surface area contributed by atoms with Gasteiger partial charge in [-0.05, 0) is 47.0 Å². The standard InChI is InChI=1S/C29H25FO6/c1-33-25-16-22(20-11-14-24(23(31)15-20)36-17-18-7-5-4-6-8-18)28(34-2)27(29(32)35-3)26(25)19-9-12-21(30)13-10-19/h4-16,31H,17H2,1-3H3. The Morgan fingerprint density at radius 3 is 2.14 bits per heavy atom. The maximum absolute atomic E-state index is 13.6. The van der Waals surface area contributed by atoms with Crippen LogP contribution < -0.4 is 14.2 Å². The monoisotopic (exact) mass is 488 g/mol. The predicted octanol–water partition coefficient (Wildman–Crippen LogP) is 6.25. The summed E-state index contributed by atoms with van der Waals surface area (Å²) in [6.07, 6.45) is 0. The second kappa shape index (κ2) is 10.8. The normalized spacial score (nSPS) is 10.6. The Morgan fingerprint density at radius 1 is 0.833 bits per heavy atom. The molecule has 36 heavy (non-hydrogen) atoms. The lowest BCUT2D eigenvalue weighted by Gasteiger charge is -2.20. The predicted molar refractivity (Wildman–Crippen MR) is 134 cm³/mol. The molecule has 0 aliphatic rings. The summed E-state index contributed by atoms with van der Waals surface area (Å²) in [7, 11) is 4.17. The molecule has 0 saturated heterocycles. The average Bonchev–Trinajstić information content (AvgIpc) is 2.91. The van der Waals surface area contributed by atoms with Gasteiger partial charge in [0.15, 0.2) is 11.5 Å². The molecule has 0 amide bonds. The minimum absolute atomic E-state index is 0.0771. The first kappa shape index (κ1) is 24.6. The summed E-state index contributed by atoms with van der Waals surface area (Å²) >= 11 is 0. The van der Waals surface area contributed by atoms with Crippen LogP contribution in [-0.2, 0) is 11.3 Å². The molecular formula is C29H25FO6. The fourth-order valence-electron chi connectivity index (χ4n) is 3.97. The highest BCUT2D eigenvalue weighted by atomic mass is 19.1. The molecular weight excluding hydrogens is 463 g/mol. The summed E-state index contributed by atoms with van der Waals surface area (Å²) < 4.78 is 35.7. The number of methoxy groups -OCH3 is 3. The molecule has 0 radical (unpaired) electrons. The smallest absolute Gasteiger partial charge is 0.342 e. The van der Waals surface area contributed by atoms with Crippen LogP contribution in [0.15, 0.2) is 78.9 Å². The number of halogens is 1. The van der Waals surface area contributed by atoms with E-state index in [-0.39, 0.29) is 17.1 Å². The summed E-state index contributed by atoms with van der Waals surface area (Å²) in [6.45, 7) is 0.295. The van der Waals surface area contributed by atoms with Crippen LogP contribution in [0.5, 0.6) is 23.0 Å². The van der Waals surface area contributed by atoms with E-state index in [1.54, 1.807) is 30.3 Å². The van der Waals surface area contributed by atoms with E-state index in [0.29, 0.717) is 40.4 Å². The average molecular weight is 489 g/mol. The Labute approximate surface area is 208 Å². The zero-order valence-corrected chi connectivity index (χ0v) is 20.1. The van der Waals surface area contributed by atoms with Gasteiger partial charge < -0.3 is 24.1 Å². The number of esters is 1. The highest BCUT2D eigenvalue weighted by molar-refractivity contribution is 6.05. The van der Waals surface area contributed by atoms with Crippen molar-refractivity contribution in [3.8, 4) is 45.3 Å². The van der Waals surface area contributed by atoms with Gasteiger partial charge in [-0.3, -0.25) is 0 Å². The zero-order chi connectivity index (χ0) is 25.7. The molecule has 0 aliphatic carbocycles. The lowest BCUT2D eigenvalue weighted by Crippen LogP contribution is -2.09. The van der Waals surface area contributed by atoms with Gasteiger partial charge >= 0.3 is 5.97 Å². The van der Waals surface area contributed by atoms with Gasteiger partial charge in [0.25, 0.3) is 0 Å². The molecule has 4 rings (SSSR count). The summed E-state index contributed by atoms with van der Waals surface area (Å²) in [5.74, 6) is -0.262. The van der Waals surface area contributed by atoms with Gasteiger partial charge in [-0.1, -0.05) is 48.5 Å². The molecule has 4 aromatic rings. The first-order valence-electron chi connectivity index (χ1n) is 11.1. The highest BCUT2D eigenvalue weighted by Gasteiger charge is 2.27. The van der Waals surface area contributed by atoms with E-state index < -0.39 is 11.8 Å². The van der Waals surface area contributed by atoms with Crippen LogP contribution in [0.25, 0.3) is 22.3 Å². The van der Waals surface area contributed by atoms with Crippen molar-refractivity contribution in [3.05, 3.63) is 95.8 Å². The number of rotatable bonds is 8. The van der Waals surface area contributed by atoms with Gasteiger partial charge in [0.2, 0.25) is 0 Å². The van der Waals surface area contributed by atoms with Crippen molar-refractivity contribution in [2.24, 2.45) is 0 Å². The number of hydrogen-bond acceptors (Lipinski definition) is 6. The second-order valence-electron chi connectivity index (χ2n) is 7.86. The molecule has 0 spiro atoms. The van der Waals surface area contributed by atoms with Crippen LogP contribution in [0.3, 0.4) is 0 Å².